The molecule has 128 valence electrons. The highest BCUT2D eigenvalue weighted by molar-refractivity contribution is 7.99. The lowest BCUT2D eigenvalue weighted by Crippen LogP contribution is -2.16. The molecular formula is C17H13ClFN3O2S. The van der Waals surface area contributed by atoms with Gasteiger partial charge >= 0.3 is 0 Å². The molecule has 2 heterocycles. The highest BCUT2D eigenvalue weighted by atomic mass is 35.5. The molecule has 0 unspecified atom stereocenters. The summed E-state index contributed by atoms with van der Waals surface area (Å²) in [4.78, 5) is 28.3. The molecule has 1 amide bonds. The maximum atomic E-state index is 13.1. The van der Waals surface area contributed by atoms with Crippen molar-refractivity contribution in [2.24, 2.45) is 0 Å². The lowest BCUT2D eigenvalue weighted by atomic mass is 10.3. The van der Waals surface area contributed by atoms with Gasteiger partial charge in [0.15, 0.2) is 0 Å². The minimum absolute atomic E-state index is 0.0497. The number of rotatable bonds is 5. The van der Waals surface area contributed by atoms with Gasteiger partial charge in [-0.15, -0.1) is 11.8 Å². The number of benzene rings is 1. The Morgan fingerprint density at radius 2 is 2.12 bits per heavy atom. The van der Waals surface area contributed by atoms with Gasteiger partial charge in [-0.05, 0) is 30.3 Å². The summed E-state index contributed by atoms with van der Waals surface area (Å²) in [7, 11) is 0. The number of carbonyl (C=O) groups is 1. The van der Waals surface area contributed by atoms with E-state index in [2.05, 4.69) is 10.3 Å². The molecule has 0 aliphatic rings. The highest BCUT2D eigenvalue weighted by Gasteiger charge is 2.07. The van der Waals surface area contributed by atoms with Crippen molar-refractivity contribution in [3.8, 4) is 0 Å². The summed E-state index contributed by atoms with van der Waals surface area (Å²) < 4.78 is 14.5. The first kappa shape index (κ1) is 17.4. The van der Waals surface area contributed by atoms with E-state index in [9.17, 15) is 14.0 Å². The molecule has 2 aromatic heterocycles. The topological polar surface area (TPSA) is 63.5 Å². The van der Waals surface area contributed by atoms with Crippen molar-refractivity contribution in [2.75, 3.05) is 11.1 Å². The molecule has 0 spiro atoms. The average Bonchev–Trinajstić information content (AvgIpc) is 2.58. The van der Waals surface area contributed by atoms with Crippen LogP contribution in [0.2, 0.25) is 5.02 Å². The third-order valence-electron chi connectivity index (χ3n) is 3.31. The van der Waals surface area contributed by atoms with Gasteiger partial charge in [-0.1, -0.05) is 17.7 Å². The Balaban J connectivity index is 1.58. The van der Waals surface area contributed by atoms with Crippen molar-refractivity contribution >= 4 is 40.6 Å². The molecule has 0 atom stereocenters. The minimum Gasteiger partial charge on any atom is -0.325 e. The predicted octanol–water partition coefficient (Wildman–Crippen LogP) is 3.36. The van der Waals surface area contributed by atoms with Gasteiger partial charge in [0, 0.05) is 23.7 Å². The van der Waals surface area contributed by atoms with Crippen molar-refractivity contribution in [2.45, 2.75) is 5.75 Å². The normalized spacial score (nSPS) is 10.8. The molecule has 1 N–H and O–H groups in total. The lowest BCUT2D eigenvalue weighted by molar-refractivity contribution is -0.113. The molecule has 3 rings (SSSR count). The zero-order valence-electron chi connectivity index (χ0n) is 12.9. The Kier molecular flexibility index (Phi) is 5.35. The van der Waals surface area contributed by atoms with E-state index in [0.717, 1.165) is 0 Å². The number of thioether (sulfide) groups is 1. The first-order valence-corrected chi connectivity index (χ1v) is 8.86. The summed E-state index contributed by atoms with van der Waals surface area (Å²) in [6.45, 7) is 0. The molecule has 25 heavy (non-hydrogen) atoms. The van der Waals surface area contributed by atoms with E-state index in [-0.39, 0.29) is 22.2 Å². The Morgan fingerprint density at radius 1 is 1.28 bits per heavy atom. The molecule has 0 bridgehead atoms. The molecule has 0 radical (unpaired) electrons. The number of nitrogens with one attached hydrogen (secondary N) is 1. The van der Waals surface area contributed by atoms with Crippen LogP contribution in [-0.4, -0.2) is 21.0 Å². The number of amides is 1. The SMILES string of the molecule is O=C(CSCc1cc(=O)n2ccccc2n1)Nc1ccc(F)c(Cl)c1. The quantitative estimate of drug-likeness (QED) is 0.740. The molecule has 8 heteroatoms. The Labute approximate surface area is 151 Å². The van der Waals surface area contributed by atoms with Gasteiger partial charge in [-0.2, -0.15) is 0 Å². The summed E-state index contributed by atoms with van der Waals surface area (Å²) in [5.74, 6) is -0.184. The Morgan fingerprint density at radius 3 is 2.92 bits per heavy atom. The number of carbonyl (C=O) groups excluding carboxylic acids is 1. The lowest BCUT2D eigenvalue weighted by Gasteiger charge is -2.06. The molecule has 3 aromatic rings. The van der Waals surface area contributed by atoms with Crippen LogP contribution in [0.15, 0.2) is 53.5 Å². The number of nitrogens with zero attached hydrogens (tertiary/aromatic N) is 2. The maximum Gasteiger partial charge on any atom is 0.258 e. The summed E-state index contributed by atoms with van der Waals surface area (Å²) in [5.41, 5.74) is 1.44. The molecule has 5 nitrogen and oxygen atoms in total. The maximum absolute atomic E-state index is 13.1. The second-order valence-electron chi connectivity index (χ2n) is 5.18. The van der Waals surface area contributed by atoms with E-state index in [1.807, 2.05) is 0 Å². The number of fused-ring (bicyclic) bond motifs is 1. The summed E-state index contributed by atoms with van der Waals surface area (Å²) >= 11 is 7.00. The zero-order chi connectivity index (χ0) is 17.8. The van der Waals surface area contributed by atoms with Gasteiger partial charge in [0.05, 0.1) is 16.5 Å². The van der Waals surface area contributed by atoms with Crippen LogP contribution < -0.4 is 10.9 Å². The Hall–Kier alpha value is -2.38. The molecular weight excluding hydrogens is 365 g/mol. The van der Waals surface area contributed by atoms with Gasteiger partial charge in [0.1, 0.15) is 11.5 Å². The first-order valence-electron chi connectivity index (χ1n) is 7.33. The van der Waals surface area contributed by atoms with Crippen molar-refractivity contribution in [1.29, 1.82) is 0 Å². The summed E-state index contributed by atoms with van der Waals surface area (Å²) in [6.07, 6.45) is 1.66. The van der Waals surface area contributed by atoms with Crippen LogP contribution in [0.5, 0.6) is 0 Å². The van der Waals surface area contributed by atoms with Crippen LogP contribution in [-0.2, 0) is 10.5 Å². The van der Waals surface area contributed by atoms with Crippen molar-refractivity contribution < 1.29 is 9.18 Å². The largest absolute Gasteiger partial charge is 0.325 e. The molecule has 0 aliphatic heterocycles. The fourth-order valence-corrected chi connectivity index (χ4v) is 3.09. The van der Waals surface area contributed by atoms with Crippen LogP contribution in [0.1, 0.15) is 5.69 Å². The summed E-state index contributed by atoms with van der Waals surface area (Å²) in [6, 6.07) is 10.8. The van der Waals surface area contributed by atoms with E-state index >= 15 is 0 Å². The fraction of sp³-hybridized carbons (Fsp3) is 0.118. The Bertz CT molecular complexity index is 993. The van der Waals surface area contributed by atoms with Gasteiger partial charge in [0.25, 0.3) is 5.56 Å². The number of pyridine rings is 1. The number of hydrogen-bond donors (Lipinski definition) is 1. The van der Waals surface area contributed by atoms with Crippen LogP contribution in [0.4, 0.5) is 10.1 Å². The van der Waals surface area contributed by atoms with E-state index in [1.54, 1.807) is 24.4 Å². The van der Waals surface area contributed by atoms with Crippen LogP contribution in [0, 0.1) is 5.82 Å². The minimum atomic E-state index is -0.539. The van der Waals surface area contributed by atoms with E-state index in [1.165, 1.54) is 40.4 Å². The molecule has 0 saturated heterocycles. The van der Waals surface area contributed by atoms with Gasteiger partial charge in [-0.25, -0.2) is 9.37 Å². The van der Waals surface area contributed by atoms with Crippen molar-refractivity contribution in [3.05, 3.63) is 75.5 Å². The monoisotopic (exact) mass is 377 g/mol. The second kappa shape index (κ2) is 7.67. The summed E-state index contributed by atoms with van der Waals surface area (Å²) in [5, 5.41) is 2.59. The number of hydrogen-bond acceptors (Lipinski definition) is 4. The number of anilines is 1. The third-order valence-corrected chi connectivity index (χ3v) is 4.57. The molecule has 0 fully saturated rings. The first-order chi connectivity index (χ1) is 12.0. The smallest absolute Gasteiger partial charge is 0.258 e. The molecule has 0 aliphatic carbocycles. The van der Waals surface area contributed by atoms with Crippen LogP contribution in [0.3, 0.4) is 0 Å². The zero-order valence-corrected chi connectivity index (χ0v) is 14.5. The van der Waals surface area contributed by atoms with E-state index < -0.39 is 5.82 Å². The number of halogens is 2. The van der Waals surface area contributed by atoms with Crippen LogP contribution in [0.25, 0.3) is 5.65 Å². The number of aromatic nitrogens is 2. The second-order valence-corrected chi connectivity index (χ2v) is 6.58. The van der Waals surface area contributed by atoms with Gasteiger partial charge < -0.3 is 5.32 Å². The van der Waals surface area contributed by atoms with Crippen molar-refractivity contribution in [1.82, 2.24) is 9.38 Å². The molecule has 1 aromatic carbocycles. The standard InChI is InChI=1S/C17H13ClFN3O2S/c18-13-7-11(4-5-14(13)19)21-16(23)10-25-9-12-8-17(24)22-6-2-1-3-15(22)20-12/h1-8H,9-10H2,(H,21,23). The van der Waals surface area contributed by atoms with Gasteiger partial charge in [0.2, 0.25) is 5.91 Å². The van der Waals surface area contributed by atoms with Crippen LogP contribution >= 0.6 is 23.4 Å². The fourth-order valence-electron chi connectivity index (χ4n) is 2.20. The van der Waals surface area contributed by atoms with E-state index in [4.69, 9.17) is 11.6 Å². The average molecular weight is 378 g/mol. The molecule has 0 saturated carbocycles. The van der Waals surface area contributed by atoms with Gasteiger partial charge in [-0.3, -0.25) is 14.0 Å². The highest BCUT2D eigenvalue weighted by Crippen LogP contribution is 2.19. The third kappa shape index (κ3) is 4.37. The van der Waals surface area contributed by atoms with Crippen molar-refractivity contribution in [3.63, 3.8) is 0 Å². The van der Waals surface area contributed by atoms with E-state index in [0.29, 0.717) is 22.8 Å². The predicted molar refractivity (Wildman–Crippen MR) is 97.7 cm³/mol.